The van der Waals surface area contributed by atoms with Crippen molar-refractivity contribution in [1.82, 2.24) is 4.90 Å². The van der Waals surface area contributed by atoms with Crippen LogP contribution in [-0.4, -0.2) is 29.9 Å². The van der Waals surface area contributed by atoms with Crippen LogP contribution in [0, 0.1) is 6.92 Å². The zero-order valence-corrected chi connectivity index (χ0v) is 17.8. The maximum Gasteiger partial charge on any atom is 0.324 e. The molecule has 0 saturated carbocycles. The smallest absolute Gasteiger partial charge is 0.324 e. The van der Waals surface area contributed by atoms with Crippen LogP contribution in [0.5, 0.6) is 0 Å². The number of nitrogens with one attached hydrogen (secondary N) is 1. The molecule has 0 unspecified atom stereocenters. The summed E-state index contributed by atoms with van der Waals surface area (Å²) in [4.78, 5) is 30.0. The normalized spacial score (nSPS) is 14.1. The van der Waals surface area contributed by atoms with Crippen molar-refractivity contribution in [3.05, 3.63) is 82.0 Å². The van der Waals surface area contributed by atoms with Gasteiger partial charge in [0.2, 0.25) is 5.91 Å². The summed E-state index contributed by atoms with van der Waals surface area (Å²) in [5.74, 6) is -0.0384. The third kappa shape index (κ3) is 4.89. The van der Waals surface area contributed by atoms with E-state index in [4.69, 9.17) is 0 Å². The maximum absolute atomic E-state index is 13.0. The minimum Gasteiger partial charge on any atom is -0.326 e. The van der Waals surface area contributed by atoms with Crippen molar-refractivity contribution in [3.8, 4) is 0 Å². The molecule has 154 valence electrons. The van der Waals surface area contributed by atoms with Crippen molar-refractivity contribution in [1.29, 1.82) is 0 Å². The third-order valence-electron chi connectivity index (χ3n) is 5.14. The van der Waals surface area contributed by atoms with Gasteiger partial charge in [0.15, 0.2) is 0 Å². The first-order chi connectivity index (χ1) is 14.6. The molecule has 1 fully saturated rings. The van der Waals surface area contributed by atoms with Gasteiger partial charge in [-0.05, 0) is 54.6 Å². The highest BCUT2D eigenvalue weighted by Gasteiger charge is 2.26. The summed E-state index contributed by atoms with van der Waals surface area (Å²) in [7, 11) is 0. The SMILES string of the molecule is Cc1cccc(CN2CCCN(c3ccc(NC(=O)Cc4cccs4)cc3)C2=O)c1. The Morgan fingerprint density at radius 3 is 2.63 bits per heavy atom. The van der Waals surface area contributed by atoms with Gasteiger partial charge in [0, 0.05) is 35.9 Å². The van der Waals surface area contributed by atoms with Crippen LogP contribution in [0.25, 0.3) is 0 Å². The van der Waals surface area contributed by atoms with Gasteiger partial charge in [-0.3, -0.25) is 9.69 Å². The summed E-state index contributed by atoms with van der Waals surface area (Å²) in [6.07, 6.45) is 1.30. The number of aryl methyl sites for hydroxylation is 1. The predicted octanol–water partition coefficient (Wildman–Crippen LogP) is 5.07. The third-order valence-corrected chi connectivity index (χ3v) is 6.02. The lowest BCUT2D eigenvalue weighted by atomic mass is 10.1. The van der Waals surface area contributed by atoms with Crippen molar-refractivity contribution in [2.45, 2.75) is 26.3 Å². The van der Waals surface area contributed by atoms with Crippen LogP contribution in [0.3, 0.4) is 0 Å². The monoisotopic (exact) mass is 419 g/mol. The second kappa shape index (κ2) is 9.13. The summed E-state index contributed by atoms with van der Waals surface area (Å²) in [6, 6.07) is 19.7. The molecular formula is C24H25N3O2S. The Kier molecular flexibility index (Phi) is 6.14. The Morgan fingerprint density at radius 1 is 1.07 bits per heavy atom. The van der Waals surface area contributed by atoms with E-state index in [1.165, 1.54) is 5.56 Å². The zero-order valence-electron chi connectivity index (χ0n) is 17.0. The van der Waals surface area contributed by atoms with Crippen LogP contribution < -0.4 is 10.2 Å². The molecule has 30 heavy (non-hydrogen) atoms. The molecule has 3 aromatic rings. The zero-order chi connectivity index (χ0) is 20.9. The molecule has 0 radical (unpaired) electrons. The van der Waals surface area contributed by atoms with Gasteiger partial charge in [0.1, 0.15) is 0 Å². The first-order valence-electron chi connectivity index (χ1n) is 10.1. The number of nitrogens with zero attached hydrogens (tertiary/aromatic N) is 2. The van der Waals surface area contributed by atoms with Gasteiger partial charge >= 0.3 is 6.03 Å². The van der Waals surface area contributed by atoms with Crippen LogP contribution in [0.1, 0.15) is 22.4 Å². The first kappa shape index (κ1) is 20.2. The molecule has 6 heteroatoms. The van der Waals surface area contributed by atoms with E-state index in [1.807, 2.05) is 57.6 Å². The van der Waals surface area contributed by atoms with Crippen LogP contribution >= 0.6 is 11.3 Å². The fourth-order valence-corrected chi connectivity index (χ4v) is 4.40. The summed E-state index contributed by atoms with van der Waals surface area (Å²) >= 11 is 1.57. The van der Waals surface area contributed by atoms with Crippen LogP contribution in [-0.2, 0) is 17.8 Å². The van der Waals surface area contributed by atoms with Crippen LogP contribution in [0.2, 0.25) is 0 Å². The minimum atomic E-state index is -0.0384. The van der Waals surface area contributed by atoms with Gasteiger partial charge in [-0.2, -0.15) is 0 Å². The van der Waals surface area contributed by atoms with Gasteiger partial charge in [-0.25, -0.2) is 4.79 Å². The molecule has 3 amide bonds. The molecule has 0 aliphatic carbocycles. The van der Waals surface area contributed by atoms with E-state index in [0.717, 1.165) is 34.8 Å². The molecule has 1 saturated heterocycles. The largest absolute Gasteiger partial charge is 0.326 e. The minimum absolute atomic E-state index is 0.0252. The van der Waals surface area contributed by atoms with E-state index >= 15 is 0 Å². The molecular weight excluding hydrogens is 394 g/mol. The van der Waals surface area contributed by atoms with Crippen LogP contribution in [0.4, 0.5) is 16.2 Å². The predicted molar refractivity (Wildman–Crippen MR) is 122 cm³/mol. The first-order valence-corrected chi connectivity index (χ1v) is 11.0. The Hall–Kier alpha value is -3.12. The molecule has 1 aliphatic heterocycles. The summed E-state index contributed by atoms with van der Waals surface area (Å²) in [5.41, 5.74) is 3.94. The summed E-state index contributed by atoms with van der Waals surface area (Å²) < 4.78 is 0. The Morgan fingerprint density at radius 2 is 1.90 bits per heavy atom. The molecule has 2 heterocycles. The number of thiophene rings is 1. The van der Waals surface area contributed by atoms with E-state index in [2.05, 4.69) is 30.4 Å². The molecule has 2 aromatic carbocycles. The quantitative estimate of drug-likeness (QED) is 0.606. The summed E-state index contributed by atoms with van der Waals surface area (Å²) in [5, 5.41) is 4.89. The van der Waals surface area contributed by atoms with E-state index in [1.54, 1.807) is 11.3 Å². The average molecular weight is 420 g/mol. The number of hydrogen-bond acceptors (Lipinski definition) is 3. The van der Waals surface area contributed by atoms with Gasteiger partial charge in [-0.15, -0.1) is 11.3 Å². The maximum atomic E-state index is 13.0. The molecule has 1 aliphatic rings. The number of carbonyl (C=O) groups is 2. The molecule has 1 aromatic heterocycles. The van der Waals surface area contributed by atoms with Crippen molar-refractivity contribution in [2.24, 2.45) is 0 Å². The molecule has 0 bridgehead atoms. The average Bonchev–Trinajstić information content (AvgIpc) is 3.23. The molecule has 4 rings (SSSR count). The fourth-order valence-electron chi connectivity index (χ4n) is 3.70. The number of carbonyl (C=O) groups excluding carboxylic acids is 2. The highest BCUT2D eigenvalue weighted by atomic mass is 32.1. The van der Waals surface area contributed by atoms with Crippen molar-refractivity contribution in [2.75, 3.05) is 23.3 Å². The van der Waals surface area contributed by atoms with E-state index in [0.29, 0.717) is 19.5 Å². The standard InChI is InChI=1S/C24H25N3O2S/c1-18-5-2-6-19(15-18)17-26-12-4-13-27(24(26)29)21-10-8-20(9-11-21)25-23(28)16-22-7-3-14-30-22/h2-3,5-11,14-15H,4,12-13,16-17H2,1H3,(H,25,28). The van der Waals surface area contributed by atoms with E-state index < -0.39 is 0 Å². The van der Waals surface area contributed by atoms with Gasteiger partial charge < -0.3 is 10.2 Å². The highest BCUT2D eigenvalue weighted by Crippen LogP contribution is 2.23. The number of rotatable bonds is 6. The van der Waals surface area contributed by atoms with Crippen molar-refractivity contribution >= 4 is 34.6 Å². The molecule has 5 nitrogen and oxygen atoms in total. The molecule has 1 N–H and O–H groups in total. The highest BCUT2D eigenvalue weighted by molar-refractivity contribution is 7.10. The number of urea groups is 1. The van der Waals surface area contributed by atoms with Crippen molar-refractivity contribution < 1.29 is 9.59 Å². The number of amides is 3. The van der Waals surface area contributed by atoms with Crippen LogP contribution in [0.15, 0.2) is 66.0 Å². The van der Waals surface area contributed by atoms with E-state index in [-0.39, 0.29) is 11.9 Å². The van der Waals surface area contributed by atoms with E-state index in [9.17, 15) is 9.59 Å². The fraction of sp³-hybridized carbons (Fsp3) is 0.250. The lowest BCUT2D eigenvalue weighted by molar-refractivity contribution is -0.115. The molecule has 0 atom stereocenters. The van der Waals surface area contributed by atoms with Gasteiger partial charge in [0.25, 0.3) is 0 Å². The second-order valence-corrected chi connectivity index (χ2v) is 8.58. The lowest BCUT2D eigenvalue weighted by Crippen LogP contribution is -2.49. The van der Waals surface area contributed by atoms with Gasteiger partial charge in [0.05, 0.1) is 6.42 Å². The van der Waals surface area contributed by atoms with Gasteiger partial charge in [-0.1, -0.05) is 35.9 Å². The summed E-state index contributed by atoms with van der Waals surface area (Å²) in [6.45, 7) is 4.15. The topological polar surface area (TPSA) is 52.6 Å². The molecule has 0 spiro atoms. The Bertz CT molecular complexity index is 1020. The lowest BCUT2D eigenvalue weighted by Gasteiger charge is -2.35. The Balaban J connectivity index is 1.39. The number of benzene rings is 2. The Labute approximate surface area is 180 Å². The van der Waals surface area contributed by atoms with Crippen molar-refractivity contribution in [3.63, 3.8) is 0 Å². The number of anilines is 2. The number of hydrogen-bond donors (Lipinski definition) is 1. The second-order valence-electron chi connectivity index (χ2n) is 7.55.